The Morgan fingerprint density at radius 1 is 0.808 bits per heavy atom. The van der Waals surface area contributed by atoms with Crippen LogP contribution < -0.4 is 22.1 Å². The number of benzene rings is 1. The van der Waals surface area contributed by atoms with Crippen molar-refractivity contribution < 1.29 is 39.1 Å². The lowest BCUT2D eigenvalue weighted by atomic mass is 9.71. The van der Waals surface area contributed by atoms with Crippen molar-refractivity contribution in [2.45, 2.75) is 116 Å². The van der Waals surface area contributed by atoms with Crippen molar-refractivity contribution in [2.75, 3.05) is 13.1 Å². The molecular formula is C38H58BN5O8. The van der Waals surface area contributed by atoms with E-state index in [4.69, 9.17) is 11.5 Å². The molecule has 0 aliphatic rings. The molecule has 0 aliphatic heterocycles. The summed E-state index contributed by atoms with van der Waals surface area (Å²) in [5, 5.41) is 34.5. The molecular weight excluding hydrogens is 665 g/mol. The minimum atomic E-state index is -1.69. The fourth-order valence-electron chi connectivity index (χ4n) is 5.77. The van der Waals surface area contributed by atoms with Gasteiger partial charge in [0.25, 0.3) is 0 Å². The number of hydrogen-bond acceptors (Lipinski definition) is 11. The van der Waals surface area contributed by atoms with E-state index in [0.29, 0.717) is 30.6 Å². The van der Waals surface area contributed by atoms with Crippen molar-refractivity contribution in [3.05, 3.63) is 53.7 Å². The van der Waals surface area contributed by atoms with Crippen molar-refractivity contribution in [3.63, 3.8) is 0 Å². The van der Waals surface area contributed by atoms with E-state index in [9.17, 15) is 39.1 Å². The normalized spacial score (nSPS) is 14.7. The molecule has 1 aromatic heterocycles. The molecule has 0 spiro atoms. The third-order valence-electron chi connectivity index (χ3n) is 9.24. The molecule has 0 unspecified atom stereocenters. The first kappa shape index (κ1) is 44.3. The fraction of sp³-hybridized carbons (Fsp3) is 0.579. The topological polar surface area (TPSA) is 235 Å². The molecule has 0 fully saturated rings. The third-order valence-corrected chi connectivity index (χ3v) is 9.24. The Hall–Kier alpha value is -3.82. The first-order valence-corrected chi connectivity index (χ1v) is 18.4. The van der Waals surface area contributed by atoms with Crippen LogP contribution in [0.15, 0.2) is 42.6 Å². The molecule has 2 rings (SSSR count). The predicted octanol–water partition coefficient (Wildman–Crippen LogP) is 2.53. The maximum Gasteiger partial charge on any atom is 0.454 e. The fourth-order valence-corrected chi connectivity index (χ4v) is 5.77. The molecule has 0 saturated heterocycles. The number of aliphatic hydroxyl groups excluding tert-OH is 1. The lowest BCUT2D eigenvalue weighted by Crippen LogP contribution is -2.51. The molecule has 14 heteroatoms. The first-order chi connectivity index (χ1) is 24.7. The predicted molar refractivity (Wildman–Crippen MR) is 201 cm³/mol. The van der Waals surface area contributed by atoms with E-state index in [1.165, 1.54) is 32.5 Å². The first-order valence-electron chi connectivity index (χ1n) is 18.4. The maximum absolute atomic E-state index is 13.4. The van der Waals surface area contributed by atoms with Gasteiger partial charge >= 0.3 is 7.12 Å². The highest BCUT2D eigenvalue weighted by molar-refractivity contribution is 6.43. The molecule has 1 aromatic carbocycles. The number of rotatable bonds is 25. The van der Waals surface area contributed by atoms with Gasteiger partial charge in [-0.3, -0.25) is 29.0 Å². The van der Waals surface area contributed by atoms with Crippen LogP contribution in [0.2, 0.25) is 5.82 Å². The summed E-state index contributed by atoms with van der Waals surface area (Å²) in [5.74, 6) is -5.07. The number of carbonyl (C=O) groups is 5. The molecule has 13 nitrogen and oxygen atoms in total. The maximum atomic E-state index is 13.4. The summed E-state index contributed by atoms with van der Waals surface area (Å²) in [6, 6.07) is 9.29. The SMILES string of the molecule is CCCCc1ccc(-c2ccc(C(=O)C[C@@H](CCN)C(=O)N[C@H](C(=O)C[C@@H](C)C(=O)N[C@@H](CCCCN)C(=O)C[C@@H](C)B(O)O)[C@@H](C)O)cn2)cc1. The summed E-state index contributed by atoms with van der Waals surface area (Å²) in [7, 11) is -1.69. The van der Waals surface area contributed by atoms with E-state index in [1.54, 1.807) is 12.1 Å². The van der Waals surface area contributed by atoms with Gasteiger partial charge in [0, 0.05) is 48.4 Å². The smallest absolute Gasteiger partial charge is 0.427 e. The number of carbonyl (C=O) groups excluding carboxylic acids is 5. The number of nitrogens with one attached hydrogen (secondary N) is 2. The van der Waals surface area contributed by atoms with Gasteiger partial charge in [-0.05, 0) is 82.1 Å². The number of aromatic nitrogens is 1. The highest BCUT2D eigenvalue weighted by Crippen LogP contribution is 2.21. The second kappa shape index (κ2) is 23.0. The Bertz CT molecular complexity index is 1440. The van der Waals surface area contributed by atoms with Crippen LogP contribution in [0.3, 0.4) is 0 Å². The lowest BCUT2D eigenvalue weighted by Gasteiger charge is -2.25. The largest absolute Gasteiger partial charge is 0.454 e. The van der Waals surface area contributed by atoms with E-state index < -0.39 is 60.6 Å². The van der Waals surface area contributed by atoms with Crippen LogP contribution >= 0.6 is 0 Å². The van der Waals surface area contributed by atoms with E-state index >= 15 is 0 Å². The van der Waals surface area contributed by atoms with Crippen LogP contribution in [0.25, 0.3) is 11.3 Å². The Balaban J connectivity index is 2.06. The van der Waals surface area contributed by atoms with Crippen molar-refractivity contribution in [3.8, 4) is 11.3 Å². The van der Waals surface area contributed by atoms with Gasteiger partial charge in [-0.15, -0.1) is 0 Å². The van der Waals surface area contributed by atoms with Crippen LogP contribution in [0.1, 0.15) is 101 Å². The minimum absolute atomic E-state index is 0.0997. The summed E-state index contributed by atoms with van der Waals surface area (Å²) >= 11 is 0. The number of aryl methyl sites for hydroxylation is 1. The standard InChI is InChI=1S/C38H58BN5O8/c1-5-6-9-27-11-13-28(14-12-27)31-16-15-30(23-42-31)33(46)22-29(17-19-41)38(50)44-36(26(4)45)35(48)20-24(2)37(49)43-32(10-7-8-18-40)34(47)21-25(3)39(51)52/h11-16,23-26,29,32,36,45,51-52H,5-10,17-22,40-41H2,1-4H3,(H,43,49)(H,44,50)/t24-,25-,26-,29-,32+,36+/m1/s1. The van der Waals surface area contributed by atoms with Crippen LogP contribution in [-0.2, 0) is 25.6 Å². The number of nitrogens with two attached hydrogens (primary N) is 2. The van der Waals surface area contributed by atoms with Gasteiger partial charge in [0.15, 0.2) is 17.3 Å². The van der Waals surface area contributed by atoms with Gasteiger partial charge in [0.1, 0.15) is 6.04 Å². The van der Waals surface area contributed by atoms with Gasteiger partial charge in [0.2, 0.25) is 11.8 Å². The number of amides is 2. The monoisotopic (exact) mass is 723 g/mol. The zero-order chi connectivity index (χ0) is 38.8. The Morgan fingerprint density at radius 3 is 2.06 bits per heavy atom. The highest BCUT2D eigenvalue weighted by atomic mass is 16.4. The number of Topliss-reactive ketones (excluding diaryl/α,β-unsaturated/α-hetero) is 3. The molecule has 2 amide bonds. The molecule has 2 aromatic rings. The zero-order valence-corrected chi connectivity index (χ0v) is 31.1. The average molecular weight is 724 g/mol. The second-order valence-electron chi connectivity index (χ2n) is 13.8. The summed E-state index contributed by atoms with van der Waals surface area (Å²) in [5.41, 5.74) is 14.5. The summed E-state index contributed by atoms with van der Waals surface area (Å²) < 4.78 is 0. The molecule has 0 radical (unpaired) electrons. The summed E-state index contributed by atoms with van der Waals surface area (Å²) in [6.45, 7) is 6.99. The molecule has 0 aliphatic carbocycles. The van der Waals surface area contributed by atoms with E-state index in [2.05, 4.69) is 34.7 Å². The van der Waals surface area contributed by atoms with Gasteiger partial charge < -0.3 is 37.3 Å². The quantitative estimate of drug-likeness (QED) is 0.0447. The second-order valence-corrected chi connectivity index (χ2v) is 13.8. The number of ketones is 3. The van der Waals surface area contributed by atoms with Gasteiger partial charge in [-0.25, -0.2) is 0 Å². The Labute approximate surface area is 307 Å². The van der Waals surface area contributed by atoms with Crippen molar-refractivity contribution in [1.29, 1.82) is 0 Å². The van der Waals surface area contributed by atoms with E-state index in [1.807, 2.05) is 12.1 Å². The number of unbranched alkanes of at least 4 members (excludes halogenated alkanes) is 2. The van der Waals surface area contributed by atoms with Crippen LogP contribution in [-0.4, -0.2) is 87.7 Å². The summed E-state index contributed by atoms with van der Waals surface area (Å²) in [4.78, 5) is 70.4. The number of pyridine rings is 1. The van der Waals surface area contributed by atoms with Gasteiger partial charge in [-0.1, -0.05) is 51.5 Å². The third kappa shape index (κ3) is 14.7. The average Bonchev–Trinajstić information content (AvgIpc) is 3.12. The lowest BCUT2D eigenvalue weighted by molar-refractivity contribution is -0.135. The van der Waals surface area contributed by atoms with Crippen LogP contribution in [0.5, 0.6) is 0 Å². The minimum Gasteiger partial charge on any atom is -0.427 e. The van der Waals surface area contributed by atoms with Gasteiger partial charge in [0.05, 0.1) is 17.8 Å². The van der Waals surface area contributed by atoms with Gasteiger partial charge in [-0.2, -0.15) is 0 Å². The van der Waals surface area contributed by atoms with Crippen molar-refractivity contribution in [2.24, 2.45) is 23.3 Å². The molecule has 9 N–H and O–H groups in total. The highest BCUT2D eigenvalue weighted by Gasteiger charge is 2.33. The van der Waals surface area contributed by atoms with Crippen molar-refractivity contribution in [1.82, 2.24) is 15.6 Å². The molecule has 286 valence electrons. The van der Waals surface area contributed by atoms with E-state index in [0.717, 1.165) is 24.8 Å². The Kier molecular flexibility index (Phi) is 19.6. The zero-order valence-electron chi connectivity index (χ0n) is 31.1. The molecule has 52 heavy (non-hydrogen) atoms. The molecule has 0 bridgehead atoms. The van der Waals surface area contributed by atoms with E-state index in [-0.39, 0.29) is 50.2 Å². The van der Waals surface area contributed by atoms with Crippen LogP contribution in [0, 0.1) is 11.8 Å². The number of nitrogens with zero attached hydrogens (tertiary/aromatic N) is 1. The van der Waals surface area contributed by atoms with Crippen LogP contribution in [0.4, 0.5) is 0 Å². The number of aliphatic hydroxyl groups is 1. The molecule has 0 saturated carbocycles. The summed E-state index contributed by atoms with van der Waals surface area (Å²) in [6.07, 6.45) is 4.31. The van der Waals surface area contributed by atoms with Crippen molar-refractivity contribution >= 4 is 36.3 Å². The number of hydrogen-bond donors (Lipinski definition) is 7. The molecule has 6 atom stereocenters. The molecule has 1 heterocycles. The Morgan fingerprint density at radius 2 is 1.50 bits per heavy atom.